The molecular formula is C12H13NO5. The summed E-state index contributed by atoms with van der Waals surface area (Å²) < 4.78 is 4.89. The minimum Gasteiger partial charge on any atom is -0.480 e. The fourth-order valence-corrected chi connectivity index (χ4v) is 1.32. The molecule has 1 aromatic carbocycles. The van der Waals surface area contributed by atoms with Gasteiger partial charge in [-0.15, -0.1) is 0 Å². The number of benzene rings is 1. The maximum atomic E-state index is 11.7. The van der Waals surface area contributed by atoms with Gasteiger partial charge >= 0.3 is 11.9 Å². The van der Waals surface area contributed by atoms with Crippen LogP contribution in [0.25, 0.3) is 0 Å². The van der Waals surface area contributed by atoms with Gasteiger partial charge < -0.3 is 15.2 Å². The first-order chi connectivity index (χ1) is 8.50. The topological polar surface area (TPSA) is 92.7 Å². The lowest BCUT2D eigenvalue weighted by Gasteiger charge is -2.16. The number of aliphatic carboxylic acids is 1. The highest BCUT2D eigenvalue weighted by Crippen LogP contribution is 2.17. The summed E-state index contributed by atoms with van der Waals surface area (Å²) in [5, 5.41) is 10.6. The Labute approximate surface area is 104 Å². The minimum absolute atomic E-state index is 0.482. The van der Waals surface area contributed by atoms with Crippen molar-refractivity contribution >= 4 is 17.8 Å². The molecule has 0 spiro atoms. The van der Waals surface area contributed by atoms with Gasteiger partial charge in [0.05, 0.1) is 0 Å². The lowest BCUT2D eigenvalue weighted by atomic mass is 10.1. The van der Waals surface area contributed by atoms with Crippen LogP contribution in [0.5, 0.6) is 0 Å². The Morgan fingerprint density at radius 3 is 2.39 bits per heavy atom. The lowest BCUT2D eigenvalue weighted by Crippen LogP contribution is -2.35. The number of carbonyl (C=O) groups excluding carboxylic acids is 2. The summed E-state index contributed by atoms with van der Waals surface area (Å²) >= 11 is 0. The van der Waals surface area contributed by atoms with E-state index in [1.807, 2.05) is 0 Å². The van der Waals surface area contributed by atoms with Crippen LogP contribution in [0.4, 0.5) is 0 Å². The highest BCUT2D eigenvalue weighted by Gasteiger charge is 2.23. The van der Waals surface area contributed by atoms with E-state index in [4.69, 9.17) is 9.84 Å². The number of ether oxygens (including phenoxy) is 1. The molecular weight excluding hydrogens is 238 g/mol. The Bertz CT molecular complexity index is 443. The molecule has 0 saturated heterocycles. The molecule has 6 heteroatoms. The minimum atomic E-state index is -1.17. The van der Waals surface area contributed by atoms with E-state index >= 15 is 0 Å². The van der Waals surface area contributed by atoms with Gasteiger partial charge in [0, 0.05) is 12.5 Å². The smallest absolute Gasteiger partial charge is 0.322 e. The highest BCUT2D eigenvalue weighted by molar-refractivity contribution is 5.87. The number of carboxylic acids is 1. The van der Waals surface area contributed by atoms with Crippen molar-refractivity contribution < 1.29 is 24.2 Å². The Morgan fingerprint density at radius 2 is 1.89 bits per heavy atom. The molecule has 2 N–H and O–H groups in total. The predicted octanol–water partition coefficient (Wildman–Crippen LogP) is 0.492. The van der Waals surface area contributed by atoms with Crippen LogP contribution in [0.1, 0.15) is 18.6 Å². The fourth-order valence-electron chi connectivity index (χ4n) is 1.32. The molecule has 6 nitrogen and oxygen atoms in total. The van der Waals surface area contributed by atoms with E-state index in [1.165, 1.54) is 6.92 Å². The Hall–Kier alpha value is -2.37. The van der Waals surface area contributed by atoms with Crippen molar-refractivity contribution in [2.45, 2.75) is 13.0 Å². The zero-order valence-corrected chi connectivity index (χ0v) is 9.75. The third-order valence-corrected chi connectivity index (χ3v) is 2.04. The number of carboxylic acid groups (broad SMARTS) is 1. The van der Waals surface area contributed by atoms with E-state index in [-0.39, 0.29) is 0 Å². The molecule has 0 aromatic heterocycles. The van der Waals surface area contributed by atoms with Crippen LogP contribution < -0.4 is 5.32 Å². The third-order valence-electron chi connectivity index (χ3n) is 2.04. The van der Waals surface area contributed by atoms with Gasteiger partial charge in [-0.05, 0) is 0 Å². The van der Waals surface area contributed by atoms with Gasteiger partial charge in [-0.25, -0.2) is 0 Å². The normalized spacial score (nSPS) is 11.4. The van der Waals surface area contributed by atoms with Gasteiger partial charge in [0.1, 0.15) is 6.54 Å². The molecule has 1 rings (SSSR count). The van der Waals surface area contributed by atoms with E-state index in [2.05, 4.69) is 5.32 Å². The molecule has 0 saturated carbocycles. The second kappa shape index (κ2) is 6.39. The summed E-state index contributed by atoms with van der Waals surface area (Å²) in [6, 6.07) is 8.37. The number of nitrogens with one attached hydrogen (secondary N) is 1. The summed E-state index contributed by atoms with van der Waals surface area (Å²) in [5.74, 6) is -2.45. The van der Waals surface area contributed by atoms with E-state index in [0.29, 0.717) is 5.56 Å². The van der Waals surface area contributed by atoms with Crippen LogP contribution in [-0.2, 0) is 19.1 Å². The first-order valence-corrected chi connectivity index (χ1v) is 5.22. The van der Waals surface area contributed by atoms with Crippen molar-refractivity contribution in [3.8, 4) is 0 Å². The van der Waals surface area contributed by atoms with Crippen LogP contribution in [0.15, 0.2) is 30.3 Å². The summed E-state index contributed by atoms with van der Waals surface area (Å²) in [6.45, 7) is 0.657. The fraction of sp³-hybridized carbons (Fsp3) is 0.250. The average molecular weight is 251 g/mol. The van der Waals surface area contributed by atoms with Crippen molar-refractivity contribution in [2.75, 3.05) is 6.54 Å². The summed E-state index contributed by atoms with van der Waals surface area (Å²) in [4.78, 5) is 33.0. The molecule has 1 amide bonds. The number of rotatable bonds is 5. The van der Waals surface area contributed by atoms with Gasteiger partial charge in [-0.3, -0.25) is 14.4 Å². The first kappa shape index (κ1) is 13.7. The third kappa shape index (κ3) is 4.25. The van der Waals surface area contributed by atoms with Crippen molar-refractivity contribution in [3.05, 3.63) is 35.9 Å². The molecule has 1 atom stereocenters. The van der Waals surface area contributed by atoms with Crippen molar-refractivity contribution in [2.24, 2.45) is 0 Å². The van der Waals surface area contributed by atoms with Crippen LogP contribution >= 0.6 is 0 Å². The summed E-state index contributed by atoms with van der Waals surface area (Å²) in [7, 11) is 0. The number of amides is 1. The number of carbonyl (C=O) groups is 3. The SMILES string of the molecule is CC(=O)O[C@H](C(=O)NCC(=O)O)c1ccccc1. The maximum absolute atomic E-state index is 11.7. The monoisotopic (exact) mass is 251 g/mol. The molecule has 0 unspecified atom stereocenters. The maximum Gasteiger partial charge on any atom is 0.322 e. The number of hydrogen-bond donors (Lipinski definition) is 2. The van der Waals surface area contributed by atoms with Crippen LogP contribution in [0.3, 0.4) is 0 Å². The number of esters is 1. The quantitative estimate of drug-likeness (QED) is 0.743. The van der Waals surface area contributed by atoms with Gasteiger partial charge in [-0.2, -0.15) is 0 Å². The molecule has 0 aliphatic carbocycles. The Morgan fingerprint density at radius 1 is 1.28 bits per heavy atom. The van der Waals surface area contributed by atoms with Crippen LogP contribution in [0, 0.1) is 0 Å². The zero-order valence-electron chi connectivity index (χ0n) is 9.75. The van der Waals surface area contributed by atoms with Crippen LogP contribution in [-0.4, -0.2) is 29.5 Å². The summed E-state index contributed by atoms with van der Waals surface area (Å²) in [5.41, 5.74) is 0.482. The lowest BCUT2D eigenvalue weighted by molar-refractivity contribution is -0.154. The van der Waals surface area contributed by atoms with Gasteiger partial charge in [0.25, 0.3) is 5.91 Å². The van der Waals surface area contributed by atoms with Gasteiger partial charge in [-0.1, -0.05) is 30.3 Å². The zero-order chi connectivity index (χ0) is 13.5. The molecule has 0 aliphatic rings. The molecule has 0 radical (unpaired) electrons. The summed E-state index contributed by atoms with van der Waals surface area (Å²) in [6.07, 6.45) is -1.14. The van der Waals surface area contributed by atoms with Gasteiger partial charge in [0.15, 0.2) is 0 Å². The first-order valence-electron chi connectivity index (χ1n) is 5.22. The van der Waals surface area contributed by atoms with E-state index in [1.54, 1.807) is 30.3 Å². The molecule has 0 bridgehead atoms. The standard InChI is InChI=1S/C12H13NO5/c1-8(14)18-11(9-5-3-2-4-6-9)12(17)13-7-10(15)16/h2-6,11H,7H2,1H3,(H,13,17)(H,15,16)/t11-/m0/s1. The van der Waals surface area contributed by atoms with E-state index in [9.17, 15) is 14.4 Å². The average Bonchev–Trinajstić information content (AvgIpc) is 2.34. The molecule has 1 aromatic rings. The van der Waals surface area contributed by atoms with E-state index < -0.39 is 30.5 Å². The second-order valence-corrected chi connectivity index (χ2v) is 3.51. The van der Waals surface area contributed by atoms with Crippen molar-refractivity contribution in [3.63, 3.8) is 0 Å². The van der Waals surface area contributed by atoms with Crippen molar-refractivity contribution in [1.29, 1.82) is 0 Å². The molecule has 0 fully saturated rings. The van der Waals surface area contributed by atoms with E-state index in [0.717, 1.165) is 0 Å². The Balaban J connectivity index is 2.81. The molecule has 0 heterocycles. The second-order valence-electron chi connectivity index (χ2n) is 3.51. The number of hydrogen-bond acceptors (Lipinski definition) is 4. The Kier molecular flexibility index (Phi) is 4.86. The highest BCUT2D eigenvalue weighted by atomic mass is 16.5. The van der Waals surface area contributed by atoms with Crippen LogP contribution in [0.2, 0.25) is 0 Å². The predicted molar refractivity (Wildman–Crippen MR) is 61.6 cm³/mol. The molecule has 18 heavy (non-hydrogen) atoms. The van der Waals surface area contributed by atoms with Crippen molar-refractivity contribution in [1.82, 2.24) is 5.32 Å². The largest absolute Gasteiger partial charge is 0.480 e. The molecule has 96 valence electrons. The molecule has 0 aliphatic heterocycles. The van der Waals surface area contributed by atoms with Gasteiger partial charge in [0.2, 0.25) is 6.10 Å².